The van der Waals surface area contributed by atoms with Gasteiger partial charge >= 0.3 is 6.03 Å². The van der Waals surface area contributed by atoms with Gasteiger partial charge in [-0.05, 0) is 68.2 Å². The summed E-state index contributed by atoms with van der Waals surface area (Å²) in [7, 11) is 1.11. The fraction of sp³-hybridized carbons (Fsp3) is 0.208. The van der Waals surface area contributed by atoms with Crippen molar-refractivity contribution in [2.24, 2.45) is 0 Å². The number of fused-ring (bicyclic) bond motifs is 1. The summed E-state index contributed by atoms with van der Waals surface area (Å²) in [4.78, 5) is 41.6. The van der Waals surface area contributed by atoms with Crippen LogP contribution in [-0.4, -0.2) is 58.9 Å². The number of imide groups is 1. The smallest absolute Gasteiger partial charge is 0.333 e. The zero-order valence-electron chi connectivity index (χ0n) is 20.4. The van der Waals surface area contributed by atoms with Crippen molar-refractivity contribution in [1.29, 1.82) is 0 Å². The van der Waals surface area contributed by atoms with Crippen molar-refractivity contribution in [3.8, 4) is 0 Å². The molecule has 1 atom stereocenters. The highest BCUT2D eigenvalue weighted by Crippen LogP contribution is 2.36. The summed E-state index contributed by atoms with van der Waals surface area (Å²) in [6, 6.07) is 9.82. The highest BCUT2D eigenvalue weighted by Gasteiger charge is 2.41. The minimum absolute atomic E-state index is 0.0935. The average Bonchev–Trinajstić information content (AvgIpc) is 3.29. The number of amides is 4. The second kappa shape index (κ2) is 10.7. The lowest BCUT2D eigenvalue weighted by Crippen LogP contribution is -2.47. The van der Waals surface area contributed by atoms with E-state index in [0.29, 0.717) is 5.56 Å². The first kappa shape index (κ1) is 27.5. The van der Waals surface area contributed by atoms with Crippen molar-refractivity contribution in [1.82, 2.24) is 9.62 Å². The molecule has 0 spiro atoms. The van der Waals surface area contributed by atoms with E-state index in [9.17, 15) is 22.8 Å². The Balaban J connectivity index is 1.60. The Morgan fingerprint density at radius 1 is 1.11 bits per heavy atom. The summed E-state index contributed by atoms with van der Waals surface area (Å²) < 4.78 is 41.7. The van der Waals surface area contributed by atoms with Gasteiger partial charge in [-0.15, -0.1) is 11.3 Å². The van der Waals surface area contributed by atoms with E-state index in [1.54, 1.807) is 44.2 Å². The van der Waals surface area contributed by atoms with Crippen molar-refractivity contribution in [3.05, 3.63) is 69.8 Å². The van der Waals surface area contributed by atoms with Gasteiger partial charge in [0, 0.05) is 30.5 Å². The molecule has 3 aromatic rings. The van der Waals surface area contributed by atoms with E-state index >= 15 is 4.39 Å². The molecule has 1 aliphatic rings. The van der Waals surface area contributed by atoms with Gasteiger partial charge in [-0.25, -0.2) is 27.2 Å². The molecule has 2 aromatic carbocycles. The number of carbonyl (C=O) groups excluding carboxylic acids is 3. The SMILES string of the molecule is CNc1ccc2c(c1)C(CN(C)C)C(=O)N(c1ccc(NC(=O)NS(=O)(=O)c3ccc(Cl)s3)cc1F)C2=O. The largest absolute Gasteiger partial charge is 0.388 e. The molecule has 14 heteroatoms. The highest BCUT2D eigenvalue weighted by atomic mass is 35.5. The van der Waals surface area contributed by atoms with E-state index in [4.69, 9.17) is 11.6 Å². The lowest BCUT2D eigenvalue weighted by molar-refractivity contribution is -0.120. The van der Waals surface area contributed by atoms with Gasteiger partial charge in [0.05, 0.1) is 15.9 Å². The van der Waals surface area contributed by atoms with Gasteiger partial charge < -0.3 is 15.5 Å². The van der Waals surface area contributed by atoms with Gasteiger partial charge in [0.1, 0.15) is 10.0 Å². The first-order valence-corrected chi connectivity index (χ1v) is 13.8. The van der Waals surface area contributed by atoms with Crippen LogP contribution in [0.1, 0.15) is 21.8 Å². The predicted octanol–water partition coefficient (Wildman–Crippen LogP) is 3.92. The molecule has 1 aromatic heterocycles. The van der Waals surface area contributed by atoms with E-state index in [1.165, 1.54) is 24.3 Å². The molecule has 0 aliphatic carbocycles. The Labute approximate surface area is 227 Å². The fourth-order valence-electron chi connectivity index (χ4n) is 4.02. The van der Waals surface area contributed by atoms with Crippen molar-refractivity contribution < 1.29 is 27.2 Å². The Bertz CT molecular complexity index is 1540. The molecule has 4 amide bonds. The van der Waals surface area contributed by atoms with Crippen LogP contribution in [0.4, 0.5) is 26.2 Å². The van der Waals surface area contributed by atoms with Crippen molar-refractivity contribution in [2.45, 2.75) is 10.1 Å². The number of halogens is 2. The van der Waals surface area contributed by atoms with Gasteiger partial charge in [0.15, 0.2) is 0 Å². The minimum Gasteiger partial charge on any atom is -0.388 e. The Morgan fingerprint density at radius 2 is 1.82 bits per heavy atom. The number of sulfonamides is 1. The Kier molecular flexibility index (Phi) is 7.74. The molecule has 0 fully saturated rings. The number of hydrogen-bond acceptors (Lipinski definition) is 8. The Hall–Kier alpha value is -3.52. The van der Waals surface area contributed by atoms with E-state index in [0.717, 1.165) is 28.0 Å². The van der Waals surface area contributed by atoms with Gasteiger partial charge in [-0.3, -0.25) is 9.59 Å². The van der Waals surface area contributed by atoms with Crippen molar-refractivity contribution >= 4 is 67.9 Å². The van der Waals surface area contributed by atoms with Crippen LogP contribution in [-0.2, 0) is 14.8 Å². The maximum absolute atomic E-state index is 15.3. The molecular formula is C24H23ClFN5O5S2. The van der Waals surface area contributed by atoms with Gasteiger partial charge in [0.25, 0.3) is 15.9 Å². The second-order valence-corrected chi connectivity index (χ2v) is 12.3. The first-order valence-electron chi connectivity index (χ1n) is 11.1. The van der Waals surface area contributed by atoms with Crippen molar-refractivity contribution in [3.63, 3.8) is 0 Å². The molecule has 0 saturated carbocycles. The normalized spacial score (nSPS) is 15.4. The van der Waals surface area contributed by atoms with E-state index in [1.807, 2.05) is 4.72 Å². The molecule has 2 heterocycles. The topological polar surface area (TPSA) is 128 Å². The van der Waals surface area contributed by atoms with Gasteiger partial charge in [0.2, 0.25) is 5.91 Å². The second-order valence-electron chi connectivity index (χ2n) is 8.63. The van der Waals surface area contributed by atoms with Gasteiger partial charge in [-0.2, -0.15) is 0 Å². The molecule has 0 bridgehead atoms. The molecule has 3 N–H and O–H groups in total. The molecular weight excluding hydrogens is 557 g/mol. The van der Waals surface area contributed by atoms with Crippen LogP contribution in [0.25, 0.3) is 0 Å². The third-order valence-corrected chi connectivity index (χ3v) is 8.76. The number of hydrogen-bond donors (Lipinski definition) is 3. The molecule has 200 valence electrons. The number of nitrogens with one attached hydrogen (secondary N) is 3. The molecule has 1 unspecified atom stereocenters. The third-order valence-electron chi connectivity index (χ3n) is 5.70. The van der Waals surface area contributed by atoms with E-state index < -0.39 is 39.6 Å². The third kappa shape index (κ3) is 5.50. The number of urea groups is 1. The van der Waals surface area contributed by atoms with Crippen LogP contribution in [0.2, 0.25) is 4.34 Å². The summed E-state index contributed by atoms with van der Waals surface area (Å²) in [5.74, 6) is -2.97. The summed E-state index contributed by atoms with van der Waals surface area (Å²) in [6.07, 6.45) is 0. The molecule has 38 heavy (non-hydrogen) atoms. The number of likely N-dealkylation sites (N-methyl/N-ethyl adjacent to an activating group) is 1. The maximum Gasteiger partial charge on any atom is 0.333 e. The van der Waals surface area contributed by atoms with Crippen LogP contribution >= 0.6 is 22.9 Å². The minimum atomic E-state index is -4.19. The predicted molar refractivity (Wildman–Crippen MR) is 144 cm³/mol. The number of nitrogens with zero attached hydrogens (tertiary/aromatic N) is 2. The Morgan fingerprint density at radius 3 is 2.42 bits per heavy atom. The zero-order valence-corrected chi connectivity index (χ0v) is 22.8. The summed E-state index contributed by atoms with van der Waals surface area (Å²) in [6.45, 7) is 0.286. The number of thiophene rings is 1. The quantitative estimate of drug-likeness (QED) is 0.362. The van der Waals surface area contributed by atoms with Gasteiger partial charge in [-0.1, -0.05) is 11.6 Å². The average molecular weight is 580 g/mol. The first-order chi connectivity index (χ1) is 17.9. The fourth-order valence-corrected chi connectivity index (χ4v) is 6.41. The molecule has 4 rings (SSSR count). The lowest BCUT2D eigenvalue weighted by Gasteiger charge is -2.34. The monoisotopic (exact) mass is 579 g/mol. The number of anilines is 3. The van der Waals surface area contributed by atoms with Crippen LogP contribution in [0.3, 0.4) is 0 Å². The highest BCUT2D eigenvalue weighted by molar-refractivity contribution is 7.92. The summed E-state index contributed by atoms with van der Waals surface area (Å²) >= 11 is 6.52. The number of rotatable bonds is 7. The molecule has 0 radical (unpaired) electrons. The van der Waals surface area contributed by atoms with Crippen LogP contribution in [0, 0.1) is 5.82 Å². The summed E-state index contributed by atoms with van der Waals surface area (Å²) in [5.41, 5.74) is 1.16. The standard InChI is InChI=1S/C24H23ClFN5O5S2/c1-27-13-4-6-15-16(10-13)17(12-30(2)3)23(33)31(22(15)32)19-7-5-14(11-18(19)26)28-24(34)29-38(35,36)21-9-8-20(25)37-21/h4-11,17,27H,12H2,1-3H3,(H2,28,29,34). The number of benzene rings is 2. The summed E-state index contributed by atoms with van der Waals surface area (Å²) in [5, 5.41) is 5.22. The molecule has 10 nitrogen and oxygen atoms in total. The van der Waals surface area contributed by atoms with Crippen LogP contribution in [0.15, 0.2) is 52.7 Å². The van der Waals surface area contributed by atoms with E-state index in [-0.39, 0.29) is 32.0 Å². The number of carbonyl (C=O) groups is 3. The zero-order chi connectivity index (χ0) is 27.8. The lowest BCUT2D eigenvalue weighted by atomic mass is 9.87. The van der Waals surface area contributed by atoms with Crippen LogP contribution < -0.4 is 20.3 Å². The molecule has 1 aliphatic heterocycles. The molecule has 0 saturated heterocycles. The maximum atomic E-state index is 15.3. The van der Waals surface area contributed by atoms with Crippen LogP contribution in [0.5, 0.6) is 0 Å². The van der Waals surface area contributed by atoms with Crippen molar-refractivity contribution in [2.75, 3.05) is 43.2 Å². The van der Waals surface area contributed by atoms with E-state index in [2.05, 4.69) is 10.6 Å².